The number of allylic oxidation sites excluding steroid dienone is 1. The number of carbonyl (C=O) groups is 2. The molecule has 0 saturated carbocycles. The van der Waals surface area contributed by atoms with E-state index in [0.717, 1.165) is 5.56 Å². The predicted molar refractivity (Wildman–Crippen MR) is 85.6 cm³/mol. The predicted octanol–water partition coefficient (Wildman–Crippen LogP) is 2.03. The zero-order valence-corrected chi connectivity index (χ0v) is 14.5. The molecule has 0 aromatic carbocycles. The summed E-state index contributed by atoms with van der Waals surface area (Å²) < 4.78 is 5.20. The van der Waals surface area contributed by atoms with Gasteiger partial charge in [-0.3, -0.25) is 4.79 Å². The van der Waals surface area contributed by atoms with Crippen LogP contribution in [0.25, 0.3) is 0 Å². The Morgan fingerprint density at radius 2 is 2.00 bits per heavy atom. The molecule has 1 aliphatic heterocycles. The summed E-state index contributed by atoms with van der Waals surface area (Å²) in [5.41, 5.74) is 2.47. The van der Waals surface area contributed by atoms with E-state index in [9.17, 15) is 9.59 Å². The number of aryl methyl sites for hydroxylation is 2. The molecule has 1 aliphatic rings. The molecule has 3 amide bonds. The van der Waals surface area contributed by atoms with E-state index in [0.29, 0.717) is 35.2 Å². The first-order valence-electron chi connectivity index (χ1n) is 7.68. The first-order chi connectivity index (χ1) is 10.7. The van der Waals surface area contributed by atoms with Gasteiger partial charge in [0.2, 0.25) is 0 Å². The number of hydrogen-bond donors (Lipinski definition) is 2. The number of nitrogens with zero attached hydrogens (tertiary/aromatic N) is 2. The van der Waals surface area contributed by atoms with Crippen LogP contribution in [-0.4, -0.2) is 35.6 Å². The quantitative estimate of drug-likeness (QED) is 0.888. The topological polar surface area (TPSA) is 87.5 Å². The maximum Gasteiger partial charge on any atom is 0.319 e. The summed E-state index contributed by atoms with van der Waals surface area (Å²) in [7, 11) is 1.77. The molecule has 7 nitrogen and oxygen atoms in total. The van der Waals surface area contributed by atoms with Crippen molar-refractivity contribution in [3.8, 4) is 0 Å². The van der Waals surface area contributed by atoms with Crippen LogP contribution in [0.5, 0.6) is 0 Å². The molecule has 1 atom stereocenters. The summed E-state index contributed by atoms with van der Waals surface area (Å²) >= 11 is 0. The molecule has 0 radical (unpaired) electrons. The minimum Gasteiger partial charge on any atom is -0.361 e. The number of rotatable bonds is 4. The van der Waals surface area contributed by atoms with E-state index in [-0.39, 0.29) is 11.9 Å². The first-order valence-corrected chi connectivity index (χ1v) is 7.68. The van der Waals surface area contributed by atoms with Crippen molar-refractivity contribution in [1.82, 2.24) is 20.7 Å². The zero-order chi connectivity index (χ0) is 17.3. The molecule has 2 N–H and O–H groups in total. The van der Waals surface area contributed by atoms with E-state index >= 15 is 0 Å². The molecule has 0 aliphatic carbocycles. The zero-order valence-electron chi connectivity index (χ0n) is 14.5. The normalized spacial score (nSPS) is 18.0. The highest BCUT2D eigenvalue weighted by atomic mass is 16.5. The Morgan fingerprint density at radius 3 is 2.52 bits per heavy atom. The van der Waals surface area contributed by atoms with Gasteiger partial charge in [-0.1, -0.05) is 19.0 Å². The van der Waals surface area contributed by atoms with E-state index in [1.54, 1.807) is 32.7 Å². The fourth-order valence-corrected chi connectivity index (χ4v) is 2.93. The van der Waals surface area contributed by atoms with E-state index in [1.807, 2.05) is 0 Å². The Kier molecular flexibility index (Phi) is 4.77. The lowest BCUT2D eigenvalue weighted by molar-refractivity contribution is -0.126. The van der Waals surface area contributed by atoms with Crippen LogP contribution in [0.2, 0.25) is 0 Å². The van der Waals surface area contributed by atoms with Crippen molar-refractivity contribution in [3.63, 3.8) is 0 Å². The maximum atomic E-state index is 12.9. The molecule has 1 aromatic heterocycles. The molecule has 1 aromatic rings. The molecule has 7 heteroatoms. The van der Waals surface area contributed by atoms with Crippen molar-refractivity contribution in [2.75, 3.05) is 13.6 Å². The van der Waals surface area contributed by atoms with Gasteiger partial charge in [0.25, 0.3) is 5.91 Å². The van der Waals surface area contributed by atoms with Gasteiger partial charge in [0, 0.05) is 24.9 Å². The molecule has 0 saturated heterocycles. The van der Waals surface area contributed by atoms with Crippen molar-refractivity contribution in [2.24, 2.45) is 5.92 Å². The van der Waals surface area contributed by atoms with Crippen molar-refractivity contribution in [1.29, 1.82) is 0 Å². The summed E-state index contributed by atoms with van der Waals surface area (Å²) in [4.78, 5) is 26.5. The van der Waals surface area contributed by atoms with Gasteiger partial charge in [-0.05, 0) is 26.7 Å². The molecule has 0 bridgehead atoms. The molecule has 0 spiro atoms. The second kappa shape index (κ2) is 6.44. The summed E-state index contributed by atoms with van der Waals surface area (Å²) in [5, 5.41) is 9.43. The second-order valence-corrected chi connectivity index (χ2v) is 6.39. The highest BCUT2D eigenvalue weighted by Crippen LogP contribution is 2.32. The van der Waals surface area contributed by atoms with Crippen LogP contribution in [0.3, 0.4) is 0 Å². The van der Waals surface area contributed by atoms with Crippen LogP contribution in [0.1, 0.15) is 43.8 Å². The minimum absolute atomic E-state index is 0.117. The number of aromatic nitrogens is 1. The largest absolute Gasteiger partial charge is 0.361 e. The molecule has 0 fully saturated rings. The molecular formula is C16H24N4O3. The third kappa shape index (κ3) is 3.38. The number of amides is 3. The molecule has 126 valence electrons. The lowest BCUT2D eigenvalue weighted by Gasteiger charge is -2.31. The average Bonchev–Trinajstić information content (AvgIpc) is 2.75. The smallest absolute Gasteiger partial charge is 0.319 e. The monoisotopic (exact) mass is 320 g/mol. The fraction of sp³-hybridized carbons (Fsp3) is 0.562. The average molecular weight is 320 g/mol. The van der Waals surface area contributed by atoms with Gasteiger partial charge in [-0.25, -0.2) is 4.79 Å². The highest BCUT2D eigenvalue weighted by Gasteiger charge is 2.35. The Bertz CT molecular complexity index is 641. The van der Waals surface area contributed by atoms with Crippen molar-refractivity contribution in [2.45, 2.75) is 40.7 Å². The standard InChI is InChI=1S/C16H24N4O3/c1-8(2)7-20(6)15(21)13-9(3)17-16(22)18-14(13)12-10(4)19-23-11(12)5/h8,14H,7H2,1-6H3,(H2,17,18,22)/t14-/m1/s1. The lowest BCUT2D eigenvalue weighted by atomic mass is 9.93. The lowest BCUT2D eigenvalue weighted by Crippen LogP contribution is -2.47. The van der Waals surface area contributed by atoms with Gasteiger partial charge in [0.15, 0.2) is 0 Å². The summed E-state index contributed by atoms with van der Waals surface area (Å²) in [6.07, 6.45) is 0. The number of urea groups is 1. The Balaban J connectivity index is 2.45. The van der Waals surface area contributed by atoms with Crippen molar-refractivity contribution < 1.29 is 14.1 Å². The molecular weight excluding hydrogens is 296 g/mol. The first kappa shape index (κ1) is 17.1. The van der Waals surface area contributed by atoms with Crippen LogP contribution in [0.4, 0.5) is 4.79 Å². The Hall–Kier alpha value is -2.31. The summed E-state index contributed by atoms with van der Waals surface area (Å²) in [5.74, 6) is 0.835. The minimum atomic E-state index is -0.558. The number of carbonyl (C=O) groups excluding carboxylic acids is 2. The molecule has 2 rings (SSSR count). The number of hydrogen-bond acceptors (Lipinski definition) is 4. The fourth-order valence-electron chi connectivity index (χ4n) is 2.93. The Morgan fingerprint density at radius 1 is 1.35 bits per heavy atom. The highest BCUT2D eigenvalue weighted by molar-refractivity contribution is 5.98. The van der Waals surface area contributed by atoms with Gasteiger partial charge in [0.05, 0.1) is 17.3 Å². The van der Waals surface area contributed by atoms with Gasteiger partial charge < -0.3 is 20.1 Å². The van der Waals surface area contributed by atoms with Gasteiger partial charge in [-0.15, -0.1) is 0 Å². The maximum absolute atomic E-state index is 12.9. The van der Waals surface area contributed by atoms with Crippen molar-refractivity contribution >= 4 is 11.9 Å². The summed E-state index contributed by atoms with van der Waals surface area (Å²) in [6.45, 7) is 10.1. The molecule has 23 heavy (non-hydrogen) atoms. The van der Waals surface area contributed by atoms with Gasteiger partial charge in [-0.2, -0.15) is 0 Å². The van der Waals surface area contributed by atoms with E-state index in [2.05, 4.69) is 29.6 Å². The van der Waals surface area contributed by atoms with E-state index in [1.165, 1.54) is 0 Å². The number of nitrogens with one attached hydrogen (secondary N) is 2. The van der Waals surface area contributed by atoms with Crippen LogP contribution in [-0.2, 0) is 4.79 Å². The van der Waals surface area contributed by atoms with Crippen LogP contribution in [0.15, 0.2) is 15.8 Å². The van der Waals surface area contributed by atoms with Gasteiger partial charge >= 0.3 is 6.03 Å². The van der Waals surface area contributed by atoms with Crippen LogP contribution >= 0.6 is 0 Å². The van der Waals surface area contributed by atoms with Crippen molar-refractivity contribution in [3.05, 3.63) is 28.3 Å². The SMILES string of the molecule is CC1=C(C(=O)N(C)CC(C)C)[C@@H](c2c(C)noc2C)NC(=O)N1. The molecule has 0 unspecified atom stereocenters. The van der Waals surface area contributed by atoms with Gasteiger partial charge in [0.1, 0.15) is 5.76 Å². The number of likely N-dealkylation sites (N-methyl/N-ethyl adjacent to an activating group) is 1. The third-order valence-corrected chi connectivity index (χ3v) is 3.86. The summed E-state index contributed by atoms with van der Waals surface area (Å²) in [6, 6.07) is -0.896. The Labute approximate surface area is 136 Å². The third-order valence-electron chi connectivity index (χ3n) is 3.86. The molecule has 2 heterocycles. The second-order valence-electron chi connectivity index (χ2n) is 6.39. The van der Waals surface area contributed by atoms with Crippen LogP contribution < -0.4 is 10.6 Å². The van der Waals surface area contributed by atoms with Crippen LogP contribution in [0, 0.1) is 19.8 Å². The van der Waals surface area contributed by atoms with E-state index in [4.69, 9.17) is 4.52 Å². The van der Waals surface area contributed by atoms with E-state index < -0.39 is 6.04 Å².